The van der Waals surface area contributed by atoms with Gasteiger partial charge >= 0.3 is 0 Å². The Morgan fingerprint density at radius 1 is 1.06 bits per heavy atom. The number of carbonyl (C=O) groups excluding carboxylic acids is 2. The molecule has 0 aromatic heterocycles. The lowest BCUT2D eigenvalue weighted by atomic mass is 9.96. The molecule has 0 saturated carbocycles. The highest BCUT2D eigenvalue weighted by Gasteiger charge is 2.11. The zero-order chi connectivity index (χ0) is 12.9. The van der Waals surface area contributed by atoms with E-state index in [0.29, 0.717) is 11.1 Å². The highest BCUT2D eigenvalue weighted by Crippen LogP contribution is 2.16. The van der Waals surface area contributed by atoms with Crippen LogP contribution in [0.15, 0.2) is 12.1 Å². The summed E-state index contributed by atoms with van der Waals surface area (Å²) in [7, 11) is 0. The number of hydrogen-bond donors (Lipinski definition) is 1. The smallest absolute Gasteiger partial charge is 0.248 e. The van der Waals surface area contributed by atoms with Gasteiger partial charge in [-0.2, -0.15) is 0 Å². The number of primary amides is 1. The molecule has 0 saturated heterocycles. The summed E-state index contributed by atoms with van der Waals surface area (Å²) in [6.45, 7) is 9.12. The molecule has 1 rings (SSSR count). The molecule has 0 unspecified atom stereocenters. The van der Waals surface area contributed by atoms with Crippen molar-refractivity contribution < 1.29 is 9.59 Å². The molecular weight excluding hydrogens is 202 g/mol. The first-order valence-electron chi connectivity index (χ1n) is 5.35. The Balaban J connectivity index is 0.00000106. The van der Waals surface area contributed by atoms with E-state index < -0.39 is 5.91 Å². The van der Waals surface area contributed by atoms with E-state index in [1.54, 1.807) is 26.0 Å². The van der Waals surface area contributed by atoms with Crippen molar-refractivity contribution in [3.8, 4) is 0 Å². The molecule has 1 aromatic carbocycles. The van der Waals surface area contributed by atoms with Crippen LogP contribution in [0.3, 0.4) is 0 Å². The maximum absolute atomic E-state index is 11.3. The van der Waals surface area contributed by atoms with E-state index in [2.05, 4.69) is 0 Å². The number of aryl methyl sites for hydroxylation is 2. The molecule has 0 aliphatic carbocycles. The number of amides is 1. The fraction of sp³-hybridized carbons (Fsp3) is 0.385. The molecule has 0 bridgehead atoms. The van der Waals surface area contributed by atoms with Crippen LogP contribution in [0.25, 0.3) is 0 Å². The molecule has 1 aromatic rings. The summed E-state index contributed by atoms with van der Waals surface area (Å²) < 4.78 is 0. The summed E-state index contributed by atoms with van der Waals surface area (Å²) in [6, 6.07) is 3.29. The maximum Gasteiger partial charge on any atom is 0.248 e. The Labute approximate surface area is 96.7 Å². The molecule has 0 radical (unpaired) electrons. The van der Waals surface area contributed by atoms with Crippen LogP contribution in [0.2, 0.25) is 0 Å². The van der Waals surface area contributed by atoms with Crippen LogP contribution in [0.5, 0.6) is 0 Å². The Morgan fingerprint density at radius 2 is 1.44 bits per heavy atom. The van der Waals surface area contributed by atoms with Gasteiger partial charge < -0.3 is 5.73 Å². The summed E-state index contributed by atoms with van der Waals surface area (Å²) >= 11 is 0. The van der Waals surface area contributed by atoms with Crippen molar-refractivity contribution in [2.24, 2.45) is 5.73 Å². The van der Waals surface area contributed by atoms with Crippen molar-refractivity contribution in [3.05, 3.63) is 34.4 Å². The summed E-state index contributed by atoms with van der Waals surface area (Å²) in [5, 5.41) is 0. The monoisotopic (exact) mass is 221 g/mol. The van der Waals surface area contributed by atoms with Crippen LogP contribution >= 0.6 is 0 Å². The molecule has 2 N–H and O–H groups in total. The van der Waals surface area contributed by atoms with E-state index in [1.165, 1.54) is 6.92 Å². The van der Waals surface area contributed by atoms with E-state index in [-0.39, 0.29) is 5.78 Å². The molecule has 88 valence electrons. The summed E-state index contributed by atoms with van der Waals surface area (Å²) in [6.07, 6.45) is 0. The van der Waals surface area contributed by atoms with Gasteiger partial charge in [-0.05, 0) is 44.0 Å². The van der Waals surface area contributed by atoms with Gasteiger partial charge in [-0.15, -0.1) is 0 Å². The predicted molar refractivity (Wildman–Crippen MR) is 65.8 cm³/mol. The van der Waals surface area contributed by atoms with Gasteiger partial charge in [0.15, 0.2) is 5.78 Å². The number of Topliss-reactive ketones (excluding diaryl/α,β-unsaturated/α-hetero) is 1. The van der Waals surface area contributed by atoms with Gasteiger partial charge in [0.05, 0.1) is 0 Å². The number of nitrogens with two attached hydrogens (primary N) is 1. The summed E-state index contributed by atoms with van der Waals surface area (Å²) in [4.78, 5) is 22.2. The standard InChI is InChI=1S/C11H13NO2.C2H6/c1-6-4-9(11(12)14)5-7(2)10(6)8(3)13;1-2/h4-5H,1-3H3,(H2,12,14);1-2H3. The molecular formula is C13H19NO2. The highest BCUT2D eigenvalue weighted by molar-refractivity contribution is 5.99. The largest absolute Gasteiger partial charge is 0.366 e. The molecule has 0 spiro atoms. The Morgan fingerprint density at radius 3 is 1.69 bits per heavy atom. The molecule has 3 heteroatoms. The van der Waals surface area contributed by atoms with E-state index >= 15 is 0 Å². The number of rotatable bonds is 2. The van der Waals surface area contributed by atoms with Gasteiger partial charge in [-0.3, -0.25) is 9.59 Å². The number of carbonyl (C=O) groups is 2. The fourth-order valence-corrected chi connectivity index (χ4v) is 1.66. The van der Waals surface area contributed by atoms with Gasteiger partial charge in [0, 0.05) is 11.1 Å². The maximum atomic E-state index is 11.3. The van der Waals surface area contributed by atoms with E-state index in [0.717, 1.165) is 11.1 Å². The van der Waals surface area contributed by atoms with Crippen LogP contribution < -0.4 is 5.73 Å². The average Bonchev–Trinajstić information content (AvgIpc) is 2.18. The first kappa shape index (κ1) is 14.4. The first-order valence-corrected chi connectivity index (χ1v) is 5.35. The molecule has 0 aliphatic heterocycles. The first-order chi connectivity index (χ1) is 7.43. The SMILES string of the molecule is CC.CC(=O)c1c(C)cc(C(N)=O)cc1C. The van der Waals surface area contributed by atoms with Crippen LogP contribution in [0.1, 0.15) is 52.6 Å². The minimum Gasteiger partial charge on any atom is -0.366 e. The normalized spacial score (nSPS) is 9.06. The zero-order valence-electron chi connectivity index (χ0n) is 10.5. The van der Waals surface area contributed by atoms with Gasteiger partial charge in [0.25, 0.3) is 0 Å². The average molecular weight is 221 g/mol. The second kappa shape index (κ2) is 6.05. The molecule has 0 atom stereocenters. The van der Waals surface area contributed by atoms with E-state index in [1.807, 2.05) is 13.8 Å². The van der Waals surface area contributed by atoms with Crippen molar-refractivity contribution in [1.29, 1.82) is 0 Å². The van der Waals surface area contributed by atoms with E-state index in [4.69, 9.17) is 5.73 Å². The van der Waals surface area contributed by atoms with Crippen LogP contribution in [0, 0.1) is 13.8 Å². The van der Waals surface area contributed by atoms with Crippen molar-refractivity contribution in [2.45, 2.75) is 34.6 Å². The molecule has 1 amide bonds. The minimum atomic E-state index is -0.466. The predicted octanol–water partition coefficient (Wildman–Crippen LogP) is 2.63. The third-order valence-corrected chi connectivity index (χ3v) is 2.17. The number of hydrogen-bond acceptors (Lipinski definition) is 2. The molecule has 3 nitrogen and oxygen atoms in total. The van der Waals surface area contributed by atoms with Crippen LogP contribution in [0.4, 0.5) is 0 Å². The molecule has 0 fully saturated rings. The topological polar surface area (TPSA) is 60.2 Å². The number of benzene rings is 1. The Bertz CT molecular complexity index is 385. The molecule has 16 heavy (non-hydrogen) atoms. The van der Waals surface area contributed by atoms with Crippen LogP contribution in [-0.4, -0.2) is 11.7 Å². The van der Waals surface area contributed by atoms with Crippen molar-refractivity contribution >= 4 is 11.7 Å². The Kier molecular flexibility index (Phi) is 5.43. The van der Waals surface area contributed by atoms with Gasteiger partial charge in [-0.1, -0.05) is 13.8 Å². The van der Waals surface area contributed by atoms with Crippen LogP contribution in [-0.2, 0) is 0 Å². The summed E-state index contributed by atoms with van der Waals surface area (Å²) in [5.74, 6) is -0.456. The van der Waals surface area contributed by atoms with Crippen molar-refractivity contribution in [1.82, 2.24) is 0 Å². The minimum absolute atomic E-state index is 0.0102. The number of ketones is 1. The van der Waals surface area contributed by atoms with Gasteiger partial charge in [0.1, 0.15) is 0 Å². The summed E-state index contributed by atoms with van der Waals surface area (Å²) in [5.41, 5.74) is 7.87. The third-order valence-electron chi connectivity index (χ3n) is 2.17. The second-order valence-electron chi connectivity index (χ2n) is 3.41. The lowest BCUT2D eigenvalue weighted by molar-refractivity contribution is 0.0992. The second-order valence-corrected chi connectivity index (χ2v) is 3.41. The molecule has 0 aliphatic rings. The van der Waals surface area contributed by atoms with Crippen molar-refractivity contribution in [3.63, 3.8) is 0 Å². The quantitative estimate of drug-likeness (QED) is 0.780. The lowest BCUT2D eigenvalue weighted by Crippen LogP contribution is -2.13. The lowest BCUT2D eigenvalue weighted by Gasteiger charge is -2.07. The van der Waals surface area contributed by atoms with Gasteiger partial charge in [-0.25, -0.2) is 0 Å². The molecule has 0 heterocycles. The zero-order valence-corrected chi connectivity index (χ0v) is 10.5. The Hall–Kier alpha value is -1.64. The highest BCUT2D eigenvalue weighted by atomic mass is 16.1. The third kappa shape index (κ3) is 3.19. The van der Waals surface area contributed by atoms with E-state index in [9.17, 15) is 9.59 Å². The van der Waals surface area contributed by atoms with Crippen molar-refractivity contribution in [2.75, 3.05) is 0 Å². The van der Waals surface area contributed by atoms with Gasteiger partial charge in [0.2, 0.25) is 5.91 Å². The fourth-order valence-electron chi connectivity index (χ4n) is 1.66.